The summed E-state index contributed by atoms with van der Waals surface area (Å²) in [6, 6.07) is 17.9. The van der Waals surface area contributed by atoms with Crippen molar-refractivity contribution >= 4 is 13.6 Å². The van der Waals surface area contributed by atoms with Crippen molar-refractivity contribution in [2.24, 2.45) is 0 Å². The second kappa shape index (κ2) is 10.0. The van der Waals surface area contributed by atoms with E-state index in [9.17, 15) is 5.11 Å². The molecule has 1 atom stereocenters. The summed E-state index contributed by atoms with van der Waals surface area (Å²) in [5.74, 6) is 0.409. The normalized spacial score (nSPS) is 16.6. The van der Waals surface area contributed by atoms with Gasteiger partial charge in [-0.3, -0.25) is 0 Å². The average molecular weight is 508 g/mol. The molecular weight excluding hydrogens is 482 g/mol. The van der Waals surface area contributed by atoms with Crippen LogP contribution in [0.1, 0.15) is 36.0 Å². The summed E-state index contributed by atoms with van der Waals surface area (Å²) in [6.07, 6.45) is 5.57. The number of aliphatic hydroxyl groups is 1. The van der Waals surface area contributed by atoms with Crippen LogP contribution in [-0.4, -0.2) is 19.8 Å². The van der Waals surface area contributed by atoms with Gasteiger partial charge >= 0.3 is 26.2 Å². The van der Waals surface area contributed by atoms with Gasteiger partial charge in [0.2, 0.25) is 0 Å². The second-order valence-electron chi connectivity index (χ2n) is 7.86. The van der Waals surface area contributed by atoms with Crippen LogP contribution in [0.3, 0.4) is 0 Å². The van der Waals surface area contributed by atoms with E-state index in [0.717, 1.165) is 12.5 Å². The Morgan fingerprint density at radius 1 is 1.07 bits per heavy atom. The summed E-state index contributed by atoms with van der Waals surface area (Å²) in [5.41, 5.74) is 8.13. The SMILES string of the molecule is CC1c2[c-]c(C3=C([Si](C)(C)CCO)C=CC3)ccc2-c2ccccc21.[Cl-].[Cl-].[Zr+3]. The Morgan fingerprint density at radius 3 is 2.50 bits per heavy atom. The van der Waals surface area contributed by atoms with Crippen molar-refractivity contribution in [3.05, 3.63) is 76.5 Å². The zero-order valence-corrected chi connectivity index (χ0v) is 21.5. The molecule has 5 heteroatoms. The predicted octanol–water partition coefficient (Wildman–Crippen LogP) is -0.422. The van der Waals surface area contributed by atoms with Crippen molar-refractivity contribution < 1.29 is 56.1 Å². The van der Waals surface area contributed by atoms with Gasteiger partial charge < -0.3 is 29.9 Å². The molecule has 4 rings (SSSR count). The fourth-order valence-corrected chi connectivity index (χ4v) is 6.80. The van der Waals surface area contributed by atoms with Gasteiger partial charge in [-0.2, -0.15) is 0 Å². The van der Waals surface area contributed by atoms with Crippen LogP contribution in [0.4, 0.5) is 0 Å². The summed E-state index contributed by atoms with van der Waals surface area (Å²) >= 11 is 0. The van der Waals surface area contributed by atoms with E-state index in [-0.39, 0.29) is 57.6 Å². The van der Waals surface area contributed by atoms with E-state index < -0.39 is 8.07 Å². The van der Waals surface area contributed by atoms with Gasteiger partial charge in [0.1, 0.15) is 0 Å². The van der Waals surface area contributed by atoms with E-state index in [0.29, 0.717) is 5.92 Å². The number of fused-ring (bicyclic) bond motifs is 3. The summed E-state index contributed by atoms with van der Waals surface area (Å²) in [4.78, 5) is 0. The molecule has 145 valence electrons. The largest absolute Gasteiger partial charge is 3.00 e. The van der Waals surface area contributed by atoms with Crippen molar-refractivity contribution in [2.45, 2.75) is 38.4 Å². The van der Waals surface area contributed by atoms with E-state index in [1.165, 1.54) is 38.6 Å². The van der Waals surface area contributed by atoms with E-state index in [1.807, 2.05) is 0 Å². The summed E-state index contributed by atoms with van der Waals surface area (Å²) in [6.45, 7) is 7.29. The number of halogens is 2. The van der Waals surface area contributed by atoms with Gasteiger partial charge in [-0.05, 0) is 23.9 Å². The maximum Gasteiger partial charge on any atom is 3.00 e. The van der Waals surface area contributed by atoms with Crippen LogP contribution in [0, 0.1) is 6.07 Å². The first kappa shape index (κ1) is 25.6. The molecule has 1 nitrogen and oxygen atoms in total. The number of allylic oxidation sites excluding steroid dienone is 4. The predicted molar refractivity (Wildman–Crippen MR) is 108 cm³/mol. The number of hydrogen-bond acceptors (Lipinski definition) is 1. The van der Waals surface area contributed by atoms with Gasteiger partial charge in [0.15, 0.2) is 0 Å². The third kappa shape index (κ3) is 4.35. The molecule has 0 spiro atoms. The number of aliphatic hydroxyl groups excluding tert-OH is 1. The fourth-order valence-electron chi connectivity index (χ4n) is 4.35. The van der Waals surface area contributed by atoms with Crippen LogP contribution in [0.25, 0.3) is 16.7 Å². The molecule has 0 aromatic heterocycles. The van der Waals surface area contributed by atoms with E-state index in [2.05, 4.69) is 74.6 Å². The molecule has 0 fully saturated rings. The van der Waals surface area contributed by atoms with Gasteiger partial charge in [-0.1, -0.05) is 72.8 Å². The first-order valence-electron chi connectivity index (χ1n) is 9.20. The maximum absolute atomic E-state index is 9.46. The third-order valence-electron chi connectivity index (χ3n) is 5.85. The first-order valence-corrected chi connectivity index (χ1v) is 12.4. The van der Waals surface area contributed by atoms with Crippen LogP contribution < -0.4 is 24.8 Å². The minimum Gasteiger partial charge on any atom is -1.00 e. The number of hydrogen-bond donors (Lipinski definition) is 1. The monoisotopic (exact) mass is 505 g/mol. The van der Waals surface area contributed by atoms with Crippen molar-refractivity contribution in [2.75, 3.05) is 6.61 Å². The molecule has 2 aromatic carbocycles. The van der Waals surface area contributed by atoms with E-state index >= 15 is 0 Å². The van der Waals surface area contributed by atoms with Gasteiger partial charge in [0, 0.05) is 6.61 Å². The molecule has 0 aliphatic heterocycles. The Labute approximate surface area is 201 Å². The standard InChI is InChI=1S/C23H25OSi.2ClH.Zr/c1-16-18-7-4-5-8-20(18)21-12-11-17(15-22(16)21)19-9-6-10-23(19)25(2,3)14-13-24;;;/h4-8,10-12,16,24H,9,13-14H2,1-3H3;2*1H;/q-1;;;+3/p-2. The summed E-state index contributed by atoms with van der Waals surface area (Å²) in [7, 11) is -1.60. The molecule has 2 aliphatic carbocycles. The van der Waals surface area contributed by atoms with Crippen LogP contribution >= 0.6 is 0 Å². The average Bonchev–Trinajstić information content (AvgIpc) is 3.20. The Balaban J connectivity index is 0.00000131. The van der Waals surface area contributed by atoms with Crippen LogP contribution in [0.5, 0.6) is 0 Å². The topological polar surface area (TPSA) is 20.2 Å². The van der Waals surface area contributed by atoms with Crippen LogP contribution in [0.15, 0.2) is 53.7 Å². The molecule has 0 saturated heterocycles. The maximum atomic E-state index is 9.46. The smallest absolute Gasteiger partial charge is 1.00 e. The van der Waals surface area contributed by atoms with E-state index in [1.54, 1.807) is 0 Å². The first-order chi connectivity index (χ1) is 12.0. The number of benzene rings is 2. The quantitative estimate of drug-likeness (QED) is 0.441. The van der Waals surface area contributed by atoms with Crippen LogP contribution in [0.2, 0.25) is 19.1 Å². The Kier molecular flexibility index (Phi) is 9.18. The van der Waals surface area contributed by atoms with Gasteiger partial charge in [-0.25, -0.2) is 0 Å². The Hall–Kier alpha value is -0.440. The molecule has 2 aliphatic rings. The van der Waals surface area contributed by atoms with Crippen molar-refractivity contribution in [1.29, 1.82) is 0 Å². The zero-order valence-electron chi connectivity index (χ0n) is 16.5. The van der Waals surface area contributed by atoms with Crippen molar-refractivity contribution in [3.63, 3.8) is 0 Å². The molecule has 0 saturated carbocycles. The second-order valence-corrected chi connectivity index (χ2v) is 12.7. The Bertz CT molecular complexity index is 905. The summed E-state index contributed by atoms with van der Waals surface area (Å²) < 4.78 is 0. The molecule has 1 unspecified atom stereocenters. The molecule has 0 heterocycles. The molecule has 28 heavy (non-hydrogen) atoms. The van der Waals surface area contributed by atoms with Gasteiger partial charge in [-0.15, -0.1) is 34.9 Å². The minimum atomic E-state index is -1.60. The van der Waals surface area contributed by atoms with Gasteiger partial charge in [0.25, 0.3) is 0 Å². The van der Waals surface area contributed by atoms with Crippen molar-refractivity contribution in [1.82, 2.24) is 0 Å². The molecule has 0 bridgehead atoms. The Morgan fingerprint density at radius 2 is 1.79 bits per heavy atom. The van der Waals surface area contributed by atoms with E-state index in [4.69, 9.17) is 0 Å². The molecule has 2 aromatic rings. The summed E-state index contributed by atoms with van der Waals surface area (Å²) in [5, 5.41) is 10.9. The third-order valence-corrected chi connectivity index (χ3v) is 9.25. The van der Waals surface area contributed by atoms with Crippen LogP contribution in [-0.2, 0) is 26.2 Å². The fraction of sp³-hybridized carbons (Fsp3) is 0.304. The zero-order chi connectivity index (χ0) is 17.6. The molecule has 1 N–H and O–H groups in total. The van der Waals surface area contributed by atoms with Gasteiger partial charge in [0.05, 0.1) is 8.07 Å². The number of rotatable bonds is 4. The molecule has 0 amide bonds. The minimum absolute atomic E-state index is 0. The van der Waals surface area contributed by atoms with Crippen molar-refractivity contribution in [3.8, 4) is 11.1 Å². The molecular formula is C23H25Cl2OSiZr. The molecule has 1 radical (unpaired) electrons.